The van der Waals surface area contributed by atoms with Gasteiger partial charge in [-0.1, -0.05) is 12.1 Å². The zero-order chi connectivity index (χ0) is 17.1. The molecule has 0 saturated carbocycles. The number of imidazole rings is 1. The number of H-pyrrole nitrogens is 1. The molecule has 0 aliphatic rings. The highest BCUT2D eigenvalue weighted by Crippen LogP contribution is 2.10. The fraction of sp³-hybridized carbons (Fsp3) is 0.118. The quantitative estimate of drug-likeness (QED) is 0.576. The topological polar surface area (TPSA) is 101 Å². The molecule has 0 unspecified atom stereocenters. The average Bonchev–Trinajstić information content (AvgIpc) is 3.31. The summed E-state index contributed by atoms with van der Waals surface area (Å²) < 4.78 is 1.51. The molecule has 3 aromatic heterocycles. The van der Waals surface area contributed by atoms with Crippen LogP contribution in [-0.4, -0.2) is 42.2 Å². The van der Waals surface area contributed by atoms with Crippen LogP contribution in [0, 0.1) is 0 Å². The van der Waals surface area contributed by atoms with Crippen molar-refractivity contribution in [3.05, 3.63) is 66.6 Å². The highest BCUT2D eigenvalue weighted by molar-refractivity contribution is 5.94. The number of aromatic nitrogens is 6. The second-order valence-electron chi connectivity index (χ2n) is 5.45. The van der Waals surface area contributed by atoms with E-state index in [4.69, 9.17) is 0 Å². The number of benzene rings is 1. The number of hydrogen-bond donors (Lipinski definition) is 2. The van der Waals surface area contributed by atoms with E-state index in [0.717, 1.165) is 16.9 Å². The van der Waals surface area contributed by atoms with Crippen molar-refractivity contribution in [1.29, 1.82) is 0 Å². The Morgan fingerprint density at radius 2 is 2.16 bits per heavy atom. The number of carbonyl (C=O) groups is 1. The number of carbonyl (C=O) groups excluding carboxylic acids is 1. The Labute approximate surface area is 143 Å². The van der Waals surface area contributed by atoms with Crippen LogP contribution in [0.25, 0.3) is 16.9 Å². The number of fused-ring (bicyclic) bond motifs is 1. The van der Waals surface area contributed by atoms with Crippen LogP contribution in [0.3, 0.4) is 0 Å². The molecule has 3 heterocycles. The smallest absolute Gasteiger partial charge is 0.251 e. The fourth-order valence-electron chi connectivity index (χ4n) is 2.53. The van der Waals surface area contributed by atoms with Gasteiger partial charge in [-0.2, -0.15) is 5.10 Å². The molecule has 0 fully saturated rings. The number of nitrogens with one attached hydrogen (secondary N) is 2. The van der Waals surface area contributed by atoms with Crippen molar-refractivity contribution in [3.63, 3.8) is 0 Å². The Hall–Kier alpha value is -3.55. The van der Waals surface area contributed by atoms with E-state index < -0.39 is 0 Å². The van der Waals surface area contributed by atoms with E-state index >= 15 is 0 Å². The van der Waals surface area contributed by atoms with Crippen LogP contribution in [0.4, 0.5) is 0 Å². The molecule has 25 heavy (non-hydrogen) atoms. The summed E-state index contributed by atoms with van der Waals surface area (Å²) in [4.78, 5) is 28.1. The lowest BCUT2D eigenvalue weighted by molar-refractivity contribution is 0.0954. The Morgan fingerprint density at radius 1 is 1.24 bits per heavy atom. The molecule has 2 N–H and O–H groups in total. The van der Waals surface area contributed by atoms with Crippen LogP contribution in [0.15, 0.2) is 55.2 Å². The molecule has 8 nitrogen and oxygen atoms in total. The summed E-state index contributed by atoms with van der Waals surface area (Å²) in [5, 5.41) is 6.90. The number of aromatic amines is 1. The molecule has 0 spiro atoms. The second kappa shape index (κ2) is 6.52. The molecule has 0 radical (unpaired) electrons. The first-order valence-electron chi connectivity index (χ1n) is 7.82. The van der Waals surface area contributed by atoms with E-state index in [-0.39, 0.29) is 5.91 Å². The summed E-state index contributed by atoms with van der Waals surface area (Å²) in [6, 6.07) is 11.2. The molecule has 1 amide bonds. The van der Waals surface area contributed by atoms with E-state index in [2.05, 4.69) is 30.4 Å². The molecule has 4 rings (SSSR count). The van der Waals surface area contributed by atoms with Crippen molar-refractivity contribution in [1.82, 2.24) is 35.0 Å². The van der Waals surface area contributed by atoms with Gasteiger partial charge in [-0.05, 0) is 24.3 Å². The van der Waals surface area contributed by atoms with Gasteiger partial charge >= 0.3 is 0 Å². The minimum absolute atomic E-state index is 0.167. The second-order valence-corrected chi connectivity index (χ2v) is 5.45. The molecule has 1 aromatic carbocycles. The van der Waals surface area contributed by atoms with E-state index in [0.29, 0.717) is 24.3 Å². The summed E-state index contributed by atoms with van der Waals surface area (Å²) in [5.74, 6) is 1.22. The molecule has 4 aromatic rings. The number of pyridine rings is 1. The van der Waals surface area contributed by atoms with Crippen LogP contribution in [0.5, 0.6) is 0 Å². The monoisotopic (exact) mass is 333 g/mol. The van der Waals surface area contributed by atoms with Crippen LogP contribution in [-0.2, 0) is 6.42 Å². The lowest BCUT2D eigenvalue weighted by Crippen LogP contribution is -2.26. The molecule has 0 atom stereocenters. The normalized spacial score (nSPS) is 10.9. The number of amides is 1. The Kier molecular flexibility index (Phi) is 3.91. The lowest BCUT2D eigenvalue weighted by atomic mass is 10.2. The van der Waals surface area contributed by atoms with E-state index in [9.17, 15) is 4.79 Å². The first kappa shape index (κ1) is 15.0. The number of para-hydroxylation sites is 2. The number of hydrogen-bond acceptors (Lipinski definition) is 5. The average molecular weight is 333 g/mol. The predicted molar refractivity (Wildman–Crippen MR) is 91.3 cm³/mol. The van der Waals surface area contributed by atoms with Gasteiger partial charge in [0.15, 0.2) is 5.82 Å². The summed E-state index contributed by atoms with van der Waals surface area (Å²) in [7, 11) is 0. The number of rotatable bonds is 5. The van der Waals surface area contributed by atoms with Gasteiger partial charge < -0.3 is 10.3 Å². The predicted octanol–water partition coefficient (Wildman–Crippen LogP) is 1.51. The van der Waals surface area contributed by atoms with Crippen LogP contribution >= 0.6 is 0 Å². The maximum atomic E-state index is 12.3. The van der Waals surface area contributed by atoms with Gasteiger partial charge in [-0.15, -0.1) is 0 Å². The SMILES string of the molecule is O=C(NCCc1nc2ccccc2[nH]1)c1ccnc(-n2cncn2)c1. The Balaban J connectivity index is 1.39. The van der Waals surface area contributed by atoms with Crippen LogP contribution in [0.1, 0.15) is 16.2 Å². The summed E-state index contributed by atoms with van der Waals surface area (Å²) in [6.07, 6.45) is 5.15. The first-order chi connectivity index (χ1) is 12.3. The number of nitrogens with zero attached hydrogens (tertiary/aromatic N) is 5. The van der Waals surface area contributed by atoms with Crippen molar-refractivity contribution in [2.45, 2.75) is 6.42 Å². The van der Waals surface area contributed by atoms with Gasteiger partial charge in [0.1, 0.15) is 18.5 Å². The van der Waals surface area contributed by atoms with Crippen molar-refractivity contribution >= 4 is 16.9 Å². The largest absolute Gasteiger partial charge is 0.352 e. The first-order valence-corrected chi connectivity index (χ1v) is 7.82. The minimum Gasteiger partial charge on any atom is -0.352 e. The summed E-state index contributed by atoms with van der Waals surface area (Å²) >= 11 is 0. The molecular weight excluding hydrogens is 318 g/mol. The molecule has 8 heteroatoms. The zero-order valence-electron chi connectivity index (χ0n) is 13.3. The van der Waals surface area contributed by atoms with E-state index in [1.54, 1.807) is 18.3 Å². The minimum atomic E-state index is -0.167. The van der Waals surface area contributed by atoms with Crippen molar-refractivity contribution in [2.75, 3.05) is 6.54 Å². The van der Waals surface area contributed by atoms with Crippen molar-refractivity contribution < 1.29 is 4.79 Å². The third-order valence-electron chi connectivity index (χ3n) is 3.75. The fourth-order valence-corrected chi connectivity index (χ4v) is 2.53. The standard InChI is InChI=1S/C17H15N7O/c25-17(12-5-7-19-16(9-12)24-11-18-10-21-24)20-8-6-15-22-13-3-1-2-4-14(13)23-15/h1-5,7,9-11H,6,8H2,(H,20,25)(H,22,23). The zero-order valence-corrected chi connectivity index (χ0v) is 13.3. The Morgan fingerprint density at radius 3 is 3.00 bits per heavy atom. The van der Waals surface area contributed by atoms with Crippen LogP contribution < -0.4 is 5.32 Å². The van der Waals surface area contributed by atoms with Crippen LogP contribution in [0.2, 0.25) is 0 Å². The van der Waals surface area contributed by atoms with Gasteiger partial charge in [0.05, 0.1) is 11.0 Å². The third kappa shape index (κ3) is 3.23. The van der Waals surface area contributed by atoms with Gasteiger partial charge in [-0.25, -0.2) is 19.6 Å². The molecular formula is C17H15N7O. The molecule has 0 aliphatic heterocycles. The van der Waals surface area contributed by atoms with Crippen molar-refractivity contribution in [3.8, 4) is 5.82 Å². The highest BCUT2D eigenvalue weighted by Gasteiger charge is 2.09. The summed E-state index contributed by atoms with van der Waals surface area (Å²) in [6.45, 7) is 0.486. The Bertz CT molecular complexity index is 974. The molecule has 124 valence electrons. The summed E-state index contributed by atoms with van der Waals surface area (Å²) in [5.41, 5.74) is 2.44. The molecule has 0 aliphatic carbocycles. The van der Waals surface area contributed by atoms with Gasteiger partial charge in [0.2, 0.25) is 0 Å². The van der Waals surface area contributed by atoms with Gasteiger partial charge in [-0.3, -0.25) is 4.79 Å². The van der Waals surface area contributed by atoms with Crippen molar-refractivity contribution in [2.24, 2.45) is 0 Å². The molecule has 0 bridgehead atoms. The lowest BCUT2D eigenvalue weighted by Gasteiger charge is -2.05. The van der Waals surface area contributed by atoms with Gasteiger partial charge in [0, 0.05) is 24.7 Å². The maximum absolute atomic E-state index is 12.3. The highest BCUT2D eigenvalue weighted by atomic mass is 16.1. The van der Waals surface area contributed by atoms with E-state index in [1.165, 1.54) is 17.3 Å². The van der Waals surface area contributed by atoms with E-state index in [1.807, 2.05) is 24.3 Å². The molecule has 0 saturated heterocycles. The maximum Gasteiger partial charge on any atom is 0.251 e. The van der Waals surface area contributed by atoms with Gasteiger partial charge in [0.25, 0.3) is 5.91 Å². The third-order valence-corrected chi connectivity index (χ3v) is 3.75.